The Labute approximate surface area is 149 Å². The molecule has 0 aromatic carbocycles. The Morgan fingerprint density at radius 1 is 1.24 bits per heavy atom. The molecule has 5 heteroatoms. The SMILES string of the molecule is Cc1cc2c(o1)CC(C)(C)C[C@H]2NCc1cnc(N2CCCC2)nc1. The average Bonchev–Trinajstić information content (AvgIpc) is 3.21. The number of nitrogens with one attached hydrogen (secondary N) is 1. The molecule has 1 fully saturated rings. The van der Waals surface area contributed by atoms with Crippen molar-refractivity contribution in [3.8, 4) is 0 Å². The van der Waals surface area contributed by atoms with Crippen LogP contribution in [0.2, 0.25) is 0 Å². The highest BCUT2D eigenvalue weighted by Crippen LogP contribution is 2.42. The van der Waals surface area contributed by atoms with E-state index < -0.39 is 0 Å². The Bertz CT molecular complexity index is 729. The first kappa shape index (κ1) is 16.6. The molecule has 134 valence electrons. The fourth-order valence-electron chi connectivity index (χ4n) is 4.13. The summed E-state index contributed by atoms with van der Waals surface area (Å²) in [5, 5.41) is 3.70. The zero-order chi connectivity index (χ0) is 17.4. The summed E-state index contributed by atoms with van der Waals surface area (Å²) in [5.41, 5.74) is 2.71. The van der Waals surface area contributed by atoms with Gasteiger partial charge >= 0.3 is 0 Å². The van der Waals surface area contributed by atoms with Gasteiger partial charge in [-0.25, -0.2) is 9.97 Å². The van der Waals surface area contributed by atoms with Crippen molar-refractivity contribution in [2.45, 2.75) is 59.0 Å². The van der Waals surface area contributed by atoms with Gasteiger partial charge in [0, 0.05) is 55.6 Å². The number of hydrogen-bond donors (Lipinski definition) is 1. The predicted molar refractivity (Wildman–Crippen MR) is 98.6 cm³/mol. The Morgan fingerprint density at radius 3 is 2.68 bits per heavy atom. The van der Waals surface area contributed by atoms with Gasteiger partial charge < -0.3 is 14.6 Å². The van der Waals surface area contributed by atoms with Crippen LogP contribution in [-0.4, -0.2) is 23.1 Å². The van der Waals surface area contributed by atoms with Crippen LogP contribution in [0.25, 0.3) is 0 Å². The highest BCUT2D eigenvalue weighted by Gasteiger charge is 2.34. The molecular formula is C20H28N4O. The Balaban J connectivity index is 1.44. The first-order chi connectivity index (χ1) is 12.0. The highest BCUT2D eigenvalue weighted by molar-refractivity contribution is 5.32. The maximum Gasteiger partial charge on any atom is 0.225 e. The van der Waals surface area contributed by atoms with Crippen molar-refractivity contribution in [1.29, 1.82) is 0 Å². The number of furan rings is 1. The molecule has 25 heavy (non-hydrogen) atoms. The fraction of sp³-hybridized carbons (Fsp3) is 0.600. The molecule has 1 saturated heterocycles. The molecule has 1 N–H and O–H groups in total. The number of aromatic nitrogens is 2. The van der Waals surface area contributed by atoms with Crippen molar-refractivity contribution in [3.05, 3.63) is 41.1 Å². The summed E-state index contributed by atoms with van der Waals surface area (Å²) in [6.45, 7) is 9.61. The third-order valence-electron chi connectivity index (χ3n) is 5.37. The lowest BCUT2D eigenvalue weighted by Crippen LogP contribution is -2.32. The number of hydrogen-bond acceptors (Lipinski definition) is 5. The molecule has 5 nitrogen and oxygen atoms in total. The molecule has 0 amide bonds. The third-order valence-corrected chi connectivity index (χ3v) is 5.37. The summed E-state index contributed by atoms with van der Waals surface area (Å²) < 4.78 is 5.93. The minimum atomic E-state index is 0.255. The van der Waals surface area contributed by atoms with Gasteiger partial charge in [0.15, 0.2) is 0 Å². The predicted octanol–water partition coefficient (Wildman–Crippen LogP) is 3.78. The summed E-state index contributed by atoms with van der Waals surface area (Å²) in [7, 11) is 0. The lowest BCUT2D eigenvalue weighted by molar-refractivity contribution is 0.233. The van der Waals surface area contributed by atoms with Gasteiger partial charge in [0.05, 0.1) is 0 Å². The number of nitrogens with zero attached hydrogens (tertiary/aromatic N) is 3. The van der Waals surface area contributed by atoms with Gasteiger partial charge in [0.1, 0.15) is 11.5 Å². The smallest absolute Gasteiger partial charge is 0.225 e. The van der Waals surface area contributed by atoms with Crippen molar-refractivity contribution >= 4 is 5.95 Å². The quantitative estimate of drug-likeness (QED) is 0.918. The van der Waals surface area contributed by atoms with E-state index in [0.29, 0.717) is 6.04 Å². The van der Waals surface area contributed by atoms with Gasteiger partial charge in [0.25, 0.3) is 0 Å². The van der Waals surface area contributed by atoms with E-state index in [9.17, 15) is 0 Å². The number of fused-ring (bicyclic) bond motifs is 1. The minimum absolute atomic E-state index is 0.255. The van der Waals surface area contributed by atoms with Crippen LogP contribution >= 0.6 is 0 Å². The number of rotatable bonds is 4. The van der Waals surface area contributed by atoms with Crippen LogP contribution in [0.4, 0.5) is 5.95 Å². The minimum Gasteiger partial charge on any atom is -0.466 e. The van der Waals surface area contributed by atoms with Crippen LogP contribution in [0.5, 0.6) is 0 Å². The van der Waals surface area contributed by atoms with Crippen LogP contribution < -0.4 is 10.2 Å². The topological polar surface area (TPSA) is 54.2 Å². The molecule has 2 aromatic heterocycles. The monoisotopic (exact) mass is 340 g/mol. The Morgan fingerprint density at radius 2 is 1.96 bits per heavy atom. The lowest BCUT2D eigenvalue weighted by atomic mass is 9.74. The van der Waals surface area contributed by atoms with E-state index in [-0.39, 0.29) is 5.41 Å². The number of anilines is 1. The summed E-state index contributed by atoms with van der Waals surface area (Å²) in [6, 6.07) is 2.52. The first-order valence-corrected chi connectivity index (χ1v) is 9.39. The lowest BCUT2D eigenvalue weighted by Gasteiger charge is -2.34. The van der Waals surface area contributed by atoms with Crippen LogP contribution in [0.3, 0.4) is 0 Å². The zero-order valence-corrected chi connectivity index (χ0v) is 15.5. The number of aryl methyl sites for hydroxylation is 1. The first-order valence-electron chi connectivity index (χ1n) is 9.39. The largest absolute Gasteiger partial charge is 0.466 e. The summed E-state index contributed by atoms with van der Waals surface area (Å²) >= 11 is 0. The summed E-state index contributed by atoms with van der Waals surface area (Å²) in [5.74, 6) is 3.02. The summed E-state index contributed by atoms with van der Waals surface area (Å²) in [4.78, 5) is 11.4. The molecule has 0 radical (unpaired) electrons. The molecule has 0 bridgehead atoms. The summed E-state index contributed by atoms with van der Waals surface area (Å²) in [6.07, 6.45) is 8.55. The zero-order valence-electron chi connectivity index (χ0n) is 15.5. The fourth-order valence-corrected chi connectivity index (χ4v) is 4.13. The molecule has 2 aromatic rings. The van der Waals surface area contributed by atoms with Crippen LogP contribution in [0.1, 0.15) is 61.8 Å². The van der Waals surface area contributed by atoms with Crippen molar-refractivity contribution in [1.82, 2.24) is 15.3 Å². The van der Waals surface area contributed by atoms with Crippen molar-refractivity contribution in [2.24, 2.45) is 5.41 Å². The second kappa shape index (κ2) is 6.45. The molecule has 1 aliphatic heterocycles. The molecule has 0 spiro atoms. The van der Waals surface area contributed by atoms with E-state index in [1.807, 2.05) is 19.3 Å². The van der Waals surface area contributed by atoms with Crippen molar-refractivity contribution < 1.29 is 4.42 Å². The molecule has 2 aliphatic rings. The third kappa shape index (κ3) is 3.56. The van der Waals surface area contributed by atoms with E-state index in [4.69, 9.17) is 4.42 Å². The van der Waals surface area contributed by atoms with Crippen LogP contribution in [0.15, 0.2) is 22.9 Å². The van der Waals surface area contributed by atoms with Gasteiger partial charge in [-0.3, -0.25) is 0 Å². The van der Waals surface area contributed by atoms with E-state index in [1.165, 1.54) is 18.4 Å². The van der Waals surface area contributed by atoms with Crippen molar-refractivity contribution in [3.63, 3.8) is 0 Å². The van der Waals surface area contributed by atoms with Gasteiger partial charge in [-0.2, -0.15) is 0 Å². The standard InChI is InChI=1S/C20H28N4O/c1-14-8-16-17(9-20(2,3)10-18(16)25-14)21-11-15-12-22-19(23-13-15)24-6-4-5-7-24/h8,12-13,17,21H,4-7,9-11H2,1-3H3/t17-/m1/s1. The van der Waals surface area contributed by atoms with Gasteiger partial charge in [-0.05, 0) is 37.7 Å². The Hall–Kier alpha value is -1.88. The molecule has 0 unspecified atom stereocenters. The van der Waals surface area contributed by atoms with Gasteiger partial charge in [-0.1, -0.05) is 13.8 Å². The molecule has 0 saturated carbocycles. The van der Waals surface area contributed by atoms with E-state index >= 15 is 0 Å². The molecular weight excluding hydrogens is 312 g/mol. The second-order valence-corrected chi connectivity index (χ2v) is 8.30. The highest BCUT2D eigenvalue weighted by atomic mass is 16.3. The average molecular weight is 340 g/mol. The van der Waals surface area contributed by atoms with Crippen LogP contribution in [0, 0.1) is 12.3 Å². The maximum absolute atomic E-state index is 5.93. The van der Waals surface area contributed by atoms with Gasteiger partial charge in [-0.15, -0.1) is 0 Å². The van der Waals surface area contributed by atoms with Gasteiger partial charge in [0.2, 0.25) is 5.95 Å². The molecule has 1 aliphatic carbocycles. The molecule has 4 rings (SSSR count). The van der Waals surface area contributed by atoms with Crippen molar-refractivity contribution in [2.75, 3.05) is 18.0 Å². The normalized spacial score (nSPS) is 22.2. The molecule has 3 heterocycles. The van der Waals surface area contributed by atoms with Crippen LogP contribution in [-0.2, 0) is 13.0 Å². The van der Waals surface area contributed by atoms with E-state index in [2.05, 4.69) is 40.1 Å². The maximum atomic E-state index is 5.93. The van der Waals surface area contributed by atoms with E-state index in [0.717, 1.165) is 55.5 Å². The molecule has 1 atom stereocenters. The Kier molecular flexibility index (Phi) is 4.28. The second-order valence-electron chi connectivity index (χ2n) is 8.30. The van der Waals surface area contributed by atoms with E-state index in [1.54, 1.807) is 0 Å².